The van der Waals surface area contributed by atoms with Crippen molar-refractivity contribution in [2.45, 2.75) is 32.5 Å². The van der Waals surface area contributed by atoms with E-state index >= 15 is 0 Å². The summed E-state index contributed by atoms with van der Waals surface area (Å²) < 4.78 is 34.3. The number of nitrogens with zero attached hydrogens (tertiary/aromatic N) is 3. The number of rotatable bonds is 10. The molecular weight excluding hydrogens is 442 g/mol. The van der Waals surface area contributed by atoms with Gasteiger partial charge in [0.1, 0.15) is 5.69 Å². The topological polar surface area (TPSA) is 103 Å². The minimum absolute atomic E-state index is 0.0473. The van der Waals surface area contributed by atoms with Crippen LogP contribution < -0.4 is 9.47 Å². The fraction of sp³-hybridized carbons (Fsp3) is 0.458. The third kappa shape index (κ3) is 4.92. The maximum atomic E-state index is 12.2. The quantitative estimate of drug-likeness (QED) is 0.382. The van der Waals surface area contributed by atoms with E-state index < -0.39 is 6.29 Å². The lowest BCUT2D eigenvalue weighted by atomic mass is 9.83. The van der Waals surface area contributed by atoms with Gasteiger partial charge >= 0.3 is 5.97 Å². The highest BCUT2D eigenvalue weighted by atomic mass is 16.7. The van der Waals surface area contributed by atoms with Gasteiger partial charge in [0.05, 0.1) is 65.0 Å². The van der Waals surface area contributed by atoms with E-state index in [-0.39, 0.29) is 17.8 Å². The number of benzene rings is 1. The molecule has 1 aromatic heterocycles. The van der Waals surface area contributed by atoms with Crippen LogP contribution in [0.3, 0.4) is 0 Å². The summed E-state index contributed by atoms with van der Waals surface area (Å²) in [6.07, 6.45) is 5.66. The van der Waals surface area contributed by atoms with Crippen LogP contribution in [0.5, 0.6) is 11.5 Å². The van der Waals surface area contributed by atoms with Crippen LogP contribution in [0.15, 0.2) is 47.9 Å². The van der Waals surface area contributed by atoms with Crippen LogP contribution in [-0.2, 0) is 43.5 Å². The van der Waals surface area contributed by atoms with Crippen LogP contribution >= 0.6 is 0 Å². The van der Waals surface area contributed by atoms with E-state index in [1.807, 2.05) is 24.4 Å². The fourth-order valence-electron chi connectivity index (χ4n) is 4.42. The van der Waals surface area contributed by atoms with Gasteiger partial charge in [-0.1, -0.05) is 17.4 Å². The van der Waals surface area contributed by atoms with Gasteiger partial charge in [0.15, 0.2) is 11.5 Å². The molecule has 2 heterocycles. The number of hydrogen-bond donors (Lipinski definition) is 0. The molecule has 0 radical (unpaired) electrons. The molecule has 0 N–H and O–H groups in total. The molecule has 1 aromatic carbocycles. The molecule has 0 amide bonds. The molecule has 1 aliphatic carbocycles. The number of allylic oxidation sites excluding steroid dienone is 1. The summed E-state index contributed by atoms with van der Waals surface area (Å²) in [6, 6.07) is 5.66. The van der Waals surface area contributed by atoms with Gasteiger partial charge in [-0.05, 0) is 29.7 Å². The van der Waals surface area contributed by atoms with Crippen molar-refractivity contribution >= 4 is 5.97 Å². The predicted octanol–water partition coefficient (Wildman–Crippen LogP) is 2.63. The minimum Gasteiger partial charge on any atom is -0.493 e. The van der Waals surface area contributed by atoms with E-state index in [2.05, 4.69) is 16.4 Å². The first-order valence-electron chi connectivity index (χ1n) is 10.9. The van der Waals surface area contributed by atoms with Gasteiger partial charge < -0.3 is 28.4 Å². The number of esters is 1. The second kappa shape index (κ2) is 10.7. The van der Waals surface area contributed by atoms with Crippen molar-refractivity contribution in [3.8, 4) is 11.5 Å². The maximum absolute atomic E-state index is 12.2. The number of hydrogen-bond acceptors (Lipinski definition) is 9. The molecule has 10 heteroatoms. The Bertz CT molecular complexity index is 1080. The van der Waals surface area contributed by atoms with Gasteiger partial charge in [-0.25, -0.2) is 9.48 Å². The molecule has 0 spiro atoms. The molecule has 0 fully saturated rings. The summed E-state index contributed by atoms with van der Waals surface area (Å²) in [7, 11) is 6.17. The summed E-state index contributed by atoms with van der Waals surface area (Å²) in [5.74, 6) is 0.802. The summed E-state index contributed by atoms with van der Waals surface area (Å²) in [6.45, 7) is 1.23. The van der Waals surface area contributed by atoms with Gasteiger partial charge in [-0.3, -0.25) is 0 Å². The van der Waals surface area contributed by atoms with Crippen LogP contribution in [0.25, 0.3) is 0 Å². The van der Waals surface area contributed by atoms with Crippen LogP contribution in [0.1, 0.15) is 17.7 Å². The largest absolute Gasteiger partial charge is 0.493 e. The summed E-state index contributed by atoms with van der Waals surface area (Å²) in [5, 5.41) is 8.45. The average molecular weight is 472 g/mol. The molecular formula is C24H29N3O7. The third-order valence-corrected chi connectivity index (χ3v) is 6.07. The zero-order chi connectivity index (χ0) is 24.1. The number of ether oxygens (including phenoxy) is 6. The van der Waals surface area contributed by atoms with Crippen molar-refractivity contribution in [2.75, 3.05) is 28.4 Å². The van der Waals surface area contributed by atoms with Crippen molar-refractivity contribution < 1.29 is 33.2 Å². The SMILES string of the molecule is COC(=O)C1=CO[C@@H](OC)[C@@H]2C(Cn3cc(COCc4ccc(OC)c(OC)c4)nn3)=CC[C@H]12. The predicted molar refractivity (Wildman–Crippen MR) is 120 cm³/mol. The van der Waals surface area contributed by atoms with Crippen molar-refractivity contribution in [1.82, 2.24) is 15.0 Å². The van der Waals surface area contributed by atoms with Crippen LogP contribution in [0.2, 0.25) is 0 Å². The van der Waals surface area contributed by atoms with E-state index in [9.17, 15) is 4.79 Å². The van der Waals surface area contributed by atoms with Crippen molar-refractivity contribution in [3.05, 3.63) is 59.1 Å². The molecule has 182 valence electrons. The van der Waals surface area contributed by atoms with Gasteiger partial charge in [-0.2, -0.15) is 0 Å². The highest BCUT2D eigenvalue weighted by Crippen LogP contribution is 2.44. The molecule has 2 aliphatic rings. The van der Waals surface area contributed by atoms with Gasteiger partial charge in [0.25, 0.3) is 0 Å². The average Bonchev–Trinajstić information content (AvgIpc) is 3.50. The molecule has 2 aromatic rings. The minimum atomic E-state index is -0.472. The van der Waals surface area contributed by atoms with Crippen molar-refractivity contribution in [2.24, 2.45) is 11.8 Å². The van der Waals surface area contributed by atoms with Crippen LogP contribution in [0, 0.1) is 11.8 Å². The Labute approximate surface area is 198 Å². The summed E-state index contributed by atoms with van der Waals surface area (Å²) in [5.41, 5.74) is 3.28. The van der Waals surface area contributed by atoms with Crippen LogP contribution in [-0.4, -0.2) is 55.7 Å². The molecule has 4 rings (SSSR count). The van der Waals surface area contributed by atoms with Crippen molar-refractivity contribution in [1.29, 1.82) is 0 Å². The Kier molecular flexibility index (Phi) is 7.49. The van der Waals surface area contributed by atoms with E-state index in [0.29, 0.717) is 48.9 Å². The molecule has 3 atom stereocenters. The molecule has 0 saturated heterocycles. The zero-order valence-electron chi connectivity index (χ0n) is 19.7. The summed E-state index contributed by atoms with van der Waals surface area (Å²) in [4.78, 5) is 12.2. The lowest BCUT2D eigenvalue weighted by Crippen LogP contribution is -2.37. The first-order chi connectivity index (χ1) is 16.6. The molecule has 0 bridgehead atoms. The lowest BCUT2D eigenvalue weighted by Gasteiger charge is -2.34. The zero-order valence-corrected chi connectivity index (χ0v) is 19.7. The lowest BCUT2D eigenvalue weighted by molar-refractivity contribution is -0.146. The number of carbonyl (C=O) groups excluding carboxylic acids is 1. The van der Waals surface area contributed by atoms with E-state index in [1.165, 1.54) is 13.4 Å². The molecule has 1 aliphatic heterocycles. The molecule has 10 nitrogen and oxygen atoms in total. The second-order valence-electron chi connectivity index (χ2n) is 8.04. The van der Waals surface area contributed by atoms with E-state index in [4.69, 9.17) is 28.4 Å². The Hall–Kier alpha value is -3.37. The monoisotopic (exact) mass is 471 g/mol. The first kappa shape index (κ1) is 23.8. The number of aromatic nitrogens is 3. The Morgan fingerprint density at radius 2 is 1.97 bits per heavy atom. The standard InChI is InChI=1S/C24H29N3O7/c1-29-20-8-5-15(9-21(20)30-2)12-33-13-17-11-27(26-25-17)10-16-6-7-18-19(23(28)31-3)14-34-24(32-4)22(16)18/h5-6,8-9,11,14,18,22,24H,7,10,12-13H2,1-4H3/t18-,22-,24-/m1/s1. The molecule has 0 unspecified atom stereocenters. The number of fused-ring (bicyclic) bond motifs is 1. The number of methoxy groups -OCH3 is 4. The molecule has 0 saturated carbocycles. The van der Waals surface area contributed by atoms with Gasteiger partial charge in [-0.15, -0.1) is 5.10 Å². The third-order valence-electron chi connectivity index (χ3n) is 6.07. The second-order valence-corrected chi connectivity index (χ2v) is 8.04. The fourth-order valence-corrected chi connectivity index (χ4v) is 4.42. The first-order valence-corrected chi connectivity index (χ1v) is 10.9. The normalized spacial score (nSPS) is 21.2. The maximum Gasteiger partial charge on any atom is 0.337 e. The molecule has 34 heavy (non-hydrogen) atoms. The Balaban J connectivity index is 1.35. The van der Waals surface area contributed by atoms with E-state index in [1.54, 1.807) is 26.0 Å². The Morgan fingerprint density at radius 3 is 2.71 bits per heavy atom. The van der Waals surface area contributed by atoms with Crippen molar-refractivity contribution in [3.63, 3.8) is 0 Å². The van der Waals surface area contributed by atoms with Gasteiger partial charge in [0, 0.05) is 13.0 Å². The highest BCUT2D eigenvalue weighted by molar-refractivity contribution is 5.89. The number of carbonyl (C=O) groups is 1. The van der Waals surface area contributed by atoms with Gasteiger partial charge in [0.2, 0.25) is 6.29 Å². The highest BCUT2D eigenvalue weighted by Gasteiger charge is 2.44. The van der Waals surface area contributed by atoms with Crippen LogP contribution in [0.4, 0.5) is 0 Å². The Morgan fingerprint density at radius 1 is 1.15 bits per heavy atom. The smallest absolute Gasteiger partial charge is 0.337 e. The summed E-state index contributed by atoms with van der Waals surface area (Å²) >= 11 is 0. The van der Waals surface area contributed by atoms with E-state index in [0.717, 1.165) is 11.1 Å².